The lowest BCUT2D eigenvalue weighted by molar-refractivity contribution is 0.395. The van der Waals surface area contributed by atoms with Crippen molar-refractivity contribution in [2.24, 2.45) is 11.8 Å². The number of nitrogens with one attached hydrogen (secondary N) is 1. The molecule has 3 unspecified atom stereocenters. The van der Waals surface area contributed by atoms with Gasteiger partial charge in [0.2, 0.25) is 0 Å². The topological polar surface area (TPSA) is 12.0 Å². The van der Waals surface area contributed by atoms with E-state index in [0.717, 1.165) is 17.9 Å². The van der Waals surface area contributed by atoms with Crippen LogP contribution in [0.5, 0.6) is 0 Å². The van der Waals surface area contributed by atoms with Crippen LogP contribution in [0.4, 0.5) is 0 Å². The molecule has 2 rings (SSSR count). The number of hydrogen-bond donors (Lipinski definition) is 1. The Morgan fingerprint density at radius 2 is 2.07 bits per heavy atom. The van der Waals surface area contributed by atoms with Crippen LogP contribution >= 0.6 is 0 Å². The minimum Gasteiger partial charge on any atom is -0.314 e. The van der Waals surface area contributed by atoms with Crippen LogP contribution < -0.4 is 5.32 Å². The summed E-state index contributed by atoms with van der Waals surface area (Å²) < 4.78 is 0. The van der Waals surface area contributed by atoms with Gasteiger partial charge in [-0.05, 0) is 56.9 Å². The Kier molecular flexibility index (Phi) is 4.25. The molecule has 1 fully saturated rings. The zero-order chi connectivity index (χ0) is 10.5. The van der Waals surface area contributed by atoms with Gasteiger partial charge in [-0.1, -0.05) is 25.5 Å². The van der Waals surface area contributed by atoms with E-state index in [1.807, 2.05) is 0 Å². The molecule has 0 saturated heterocycles. The van der Waals surface area contributed by atoms with E-state index >= 15 is 0 Å². The van der Waals surface area contributed by atoms with Gasteiger partial charge in [0.05, 0.1) is 0 Å². The molecule has 2 aliphatic rings. The first-order chi connectivity index (χ1) is 7.38. The average molecular weight is 207 g/mol. The molecule has 0 aromatic heterocycles. The molecule has 0 bridgehead atoms. The molecular weight excluding hydrogens is 182 g/mol. The summed E-state index contributed by atoms with van der Waals surface area (Å²) in [5.74, 6) is 1.92. The van der Waals surface area contributed by atoms with E-state index in [2.05, 4.69) is 24.4 Å². The summed E-state index contributed by atoms with van der Waals surface area (Å²) in [5.41, 5.74) is 0. The smallest absolute Gasteiger partial charge is 0.00699 e. The molecule has 3 atom stereocenters. The Morgan fingerprint density at radius 1 is 1.13 bits per heavy atom. The summed E-state index contributed by atoms with van der Waals surface area (Å²) in [6.45, 7) is 3.59. The van der Waals surface area contributed by atoms with Gasteiger partial charge in [-0.2, -0.15) is 0 Å². The monoisotopic (exact) mass is 207 g/mol. The number of hydrogen-bond acceptors (Lipinski definition) is 1. The first-order valence-corrected chi connectivity index (χ1v) is 6.77. The van der Waals surface area contributed by atoms with Crippen molar-refractivity contribution in [1.82, 2.24) is 5.32 Å². The maximum Gasteiger partial charge on any atom is 0.00699 e. The molecule has 1 heteroatoms. The van der Waals surface area contributed by atoms with Gasteiger partial charge in [0.25, 0.3) is 0 Å². The summed E-state index contributed by atoms with van der Waals surface area (Å²) in [6.07, 6.45) is 14.4. The Bertz CT molecular complexity index is 209. The van der Waals surface area contributed by atoms with E-state index in [-0.39, 0.29) is 0 Å². The molecule has 0 radical (unpaired) electrons. The predicted molar refractivity (Wildman–Crippen MR) is 65.9 cm³/mol. The zero-order valence-corrected chi connectivity index (χ0v) is 10.0. The van der Waals surface area contributed by atoms with Crippen molar-refractivity contribution >= 4 is 0 Å². The number of rotatable bonds is 4. The molecule has 1 N–H and O–H groups in total. The second kappa shape index (κ2) is 5.69. The molecule has 86 valence electrons. The SMILES string of the molecule is CCC1CCC(NCC2CC=CCC2)C1. The summed E-state index contributed by atoms with van der Waals surface area (Å²) in [5, 5.41) is 3.78. The standard InChI is InChI=1S/C14H25N/c1-2-12-8-9-14(10-12)15-11-13-6-4-3-5-7-13/h3-4,12-15H,2,5-11H2,1H3. The Balaban J connectivity index is 1.63. The van der Waals surface area contributed by atoms with Crippen LogP contribution in [0.2, 0.25) is 0 Å². The maximum atomic E-state index is 3.78. The summed E-state index contributed by atoms with van der Waals surface area (Å²) >= 11 is 0. The van der Waals surface area contributed by atoms with Crippen molar-refractivity contribution in [2.75, 3.05) is 6.54 Å². The lowest BCUT2D eigenvalue weighted by atomic mass is 9.94. The van der Waals surface area contributed by atoms with Gasteiger partial charge in [-0.3, -0.25) is 0 Å². The normalized spacial score (nSPS) is 35.9. The Morgan fingerprint density at radius 3 is 2.73 bits per heavy atom. The van der Waals surface area contributed by atoms with Gasteiger partial charge >= 0.3 is 0 Å². The minimum atomic E-state index is 0.834. The van der Waals surface area contributed by atoms with Crippen LogP contribution in [0, 0.1) is 11.8 Å². The fourth-order valence-corrected chi connectivity index (χ4v) is 3.01. The van der Waals surface area contributed by atoms with Crippen LogP contribution in [-0.4, -0.2) is 12.6 Å². The van der Waals surface area contributed by atoms with E-state index in [9.17, 15) is 0 Å². The third-order valence-corrected chi connectivity index (χ3v) is 4.19. The third kappa shape index (κ3) is 3.34. The molecule has 0 aliphatic heterocycles. The summed E-state index contributed by atoms with van der Waals surface area (Å²) in [7, 11) is 0. The quantitative estimate of drug-likeness (QED) is 0.696. The molecule has 0 aromatic rings. The first kappa shape index (κ1) is 11.2. The molecule has 1 nitrogen and oxygen atoms in total. The second-order valence-electron chi connectivity index (χ2n) is 5.34. The zero-order valence-electron chi connectivity index (χ0n) is 10.0. The molecule has 1 saturated carbocycles. The van der Waals surface area contributed by atoms with Gasteiger partial charge in [-0.15, -0.1) is 0 Å². The van der Waals surface area contributed by atoms with Gasteiger partial charge in [0.15, 0.2) is 0 Å². The molecule has 0 amide bonds. The van der Waals surface area contributed by atoms with Gasteiger partial charge in [-0.25, -0.2) is 0 Å². The van der Waals surface area contributed by atoms with Gasteiger partial charge in [0.1, 0.15) is 0 Å². The highest BCUT2D eigenvalue weighted by Gasteiger charge is 2.23. The fraction of sp³-hybridized carbons (Fsp3) is 0.857. The molecule has 15 heavy (non-hydrogen) atoms. The summed E-state index contributed by atoms with van der Waals surface area (Å²) in [6, 6.07) is 0.834. The minimum absolute atomic E-state index is 0.834. The predicted octanol–water partition coefficient (Wildman–Crippen LogP) is 3.51. The van der Waals surface area contributed by atoms with Crippen molar-refractivity contribution in [3.8, 4) is 0 Å². The highest BCUT2D eigenvalue weighted by atomic mass is 14.9. The first-order valence-electron chi connectivity index (χ1n) is 6.77. The van der Waals surface area contributed by atoms with Crippen LogP contribution in [0.25, 0.3) is 0 Å². The highest BCUT2D eigenvalue weighted by Crippen LogP contribution is 2.28. The average Bonchev–Trinajstić information content (AvgIpc) is 2.76. The van der Waals surface area contributed by atoms with Crippen molar-refractivity contribution in [3.05, 3.63) is 12.2 Å². The molecule has 0 aromatic carbocycles. The highest BCUT2D eigenvalue weighted by molar-refractivity contribution is 4.91. The lowest BCUT2D eigenvalue weighted by Gasteiger charge is -2.21. The molecule has 0 spiro atoms. The lowest BCUT2D eigenvalue weighted by Crippen LogP contribution is -2.31. The number of allylic oxidation sites excluding steroid dienone is 2. The van der Waals surface area contributed by atoms with Crippen LogP contribution in [0.15, 0.2) is 12.2 Å². The van der Waals surface area contributed by atoms with E-state index < -0.39 is 0 Å². The van der Waals surface area contributed by atoms with Crippen LogP contribution in [0.1, 0.15) is 51.9 Å². The van der Waals surface area contributed by atoms with Crippen molar-refractivity contribution in [1.29, 1.82) is 0 Å². The van der Waals surface area contributed by atoms with E-state index in [0.29, 0.717) is 0 Å². The fourth-order valence-electron chi connectivity index (χ4n) is 3.01. The summed E-state index contributed by atoms with van der Waals surface area (Å²) in [4.78, 5) is 0. The van der Waals surface area contributed by atoms with Crippen molar-refractivity contribution in [3.63, 3.8) is 0 Å². The third-order valence-electron chi connectivity index (χ3n) is 4.19. The second-order valence-corrected chi connectivity index (χ2v) is 5.34. The van der Waals surface area contributed by atoms with E-state index in [4.69, 9.17) is 0 Å². The Labute approximate surface area is 94.3 Å². The molecular formula is C14H25N. The van der Waals surface area contributed by atoms with Crippen LogP contribution in [0.3, 0.4) is 0 Å². The Hall–Kier alpha value is -0.300. The van der Waals surface area contributed by atoms with E-state index in [1.165, 1.54) is 51.5 Å². The molecule has 0 heterocycles. The maximum absolute atomic E-state index is 3.78. The van der Waals surface area contributed by atoms with Crippen molar-refractivity contribution < 1.29 is 0 Å². The largest absolute Gasteiger partial charge is 0.314 e. The van der Waals surface area contributed by atoms with Crippen LogP contribution in [-0.2, 0) is 0 Å². The van der Waals surface area contributed by atoms with Gasteiger partial charge in [0, 0.05) is 6.04 Å². The van der Waals surface area contributed by atoms with E-state index in [1.54, 1.807) is 0 Å². The van der Waals surface area contributed by atoms with Gasteiger partial charge < -0.3 is 5.32 Å². The molecule has 2 aliphatic carbocycles. The van der Waals surface area contributed by atoms with Crippen molar-refractivity contribution in [2.45, 2.75) is 57.9 Å².